The van der Waals surface area contributed by atoms with Gasteiger partial charge in [0, 0.05) is 23.7 Å². The van der Waals surface area contributed by atoms with Crippen LogP contribution >= 0.6 is 11.6 Å². The van der Waals surface area contributed by atoms with Gasteiger partial charge in [0.2, 0.25) is 5.91 Å². The van der Waals surface area contributed by atoms with E-state index in [0.717, 1.165) is 25.2 Å². The van der Waals surface area contributed by atoms with E-state index in [1.807, 2.05) is 6.07 Å². The zero-order chi connectivity index (χ0) is 19.1. The number of amides is 1. The summed E-state index contributed by atoms with van der Waals surface area (Å²) in [5.41, 5.74) is 3.26. The second-order valence-corrected chi connectivity index (χ2v) is 7.45. The molecular weight excluding hydrogens is 360 g/mol. The Morgan fingerprint density at radius 2 is 1.81 bits per heavy atom. The fraction of sp³-hybridized carbons (Fsp3) is 0.409. The van der Waals surface area contributed by atoms with Crippen LogP contribution in [0.4, 0.5) is 0 Å². The molecule has 27 heavy (non-hydrogen) atoms. The molecule has 3 rings (SSSR count). The minimum atomic E-state index is -0.0386. The molecule has 1 aliphatic rings. The van der Waals surface area contributed by atoms with Crippen LogP contribution in [-0.4, -0.2) is 31.0 Å². The number of ether oxygens (including phenoxy) is 1. The molecule has 2 aromatic carbocycles. The van der Waals surface area contributed by atoms with Crippen LogP contribution in [0.15, 0.2) is 42.5 Å². The van der Waals surface area contributed by atoms with E-state index in [1.54, 1.807) is 25.3 Å². The normalized spacial score (nSPS) is 14.7. The average molecular weight is 387 g/mol. The van der Waals surface area contributed by atoms with Gasteiger partial charge >= 0.3 is 0 Å². The molecule has 0 aromatic heterocycles. The highest BCUT2D eigenvalue weighted by atomic mass is 35.5. The predicted octanol–water partition coefficient (Wildman–Crippen LogP) is 4.19. The first-order chi connectivity index (χ1) is 13.2. The molecule has 2 aromatic rings. The molecule has 5 heteroatoms. The van der Waals surface area contributed by atoms with E-state index in [1.165, 1.54) is 30.4 Å². The van der Waals surface area contributed by atoms with Crippen molar-refractivity contribution >= 4 is 17.5 Å². The van der Waals surface area contributed by atoms with Crippen LogP contribution in [0.2, 0.25) is 5.02 Å². The third kappa shape index (κ3) is 5.72. The molecule has 0 spiro atoms. The number of hydrogen-bond donors (Lipinski definition) is 1. The van der Waals surface area contributed by atoms with Crippen molar-refractivity contribution in [3.05, 3.63) is 64.2 Å². The molecule has 0 aliphatic carbocycles. The number of piperidine rings is 1. The number of carbonyl (C=O) groups excluding carboxylic acids is 1. The maximum absolute atomic E-state index is 12.4. The molecule has 4 nitrogen and oxygen atoms in total. The fourth-order valence-electron chi connectivity index (χ4n) is 3.56. The van der Waals surface area contributed by atoms with E-state index in [4.69, 9.17) is 16.3 Å². The van der Waals surface area contributed by atoms with Gasteiger partial charge in [0.05, 0.1) is 13.5 Å². The first-order valence-corrected chi connectivity index (χ1v) is 9.92. The van der Waals surface area contributed by atoms with Gasteiger partial charge in [-0.15, -0.1) is 0 Å². The molecule has 144 valence electrons. The highest BCUT2D eigenvalue weighted by molar-refractivity contribution is 6.30. The molecule has 0 atom stereocenters. The van der Waals surface area contributed by atoms with Crippen molar-refractivity contribution in [3.63, 3.8) is 0 Å². The number of nitrogens with zero attached hydrogens (tertiary/aromatic N) is 1. The molecule has 0 unspecified atom stereocenters. The van der Waals surface area contributed by atoms with Crippen molar-refractivity contribution in [2.45, 2.75) is 38.8 Å². The number of likely N-dealkylation sites (tertiary alicyclic amines) is 1. The fourth-order valence-corrected chi connectivity index (χ4v) is 3.75. The molecule has 1 aliphatic heterocycles. The Labute approximate surface area is 166 Å². The van der Waals surface area contributed by atoms with Crippen molar-refractivity contribution in [1.29, 1.82) is 0 Å². The third-order valence-corrected chi connectivity index (χ3v) is 5.27. The number of rotatable bonds is 7. The van der Waals surface area contributed by atoms with E-state index in [9.17, 15) is 4.79 Å². The zero-order valence-corrected chi connectivity index (χ0v) is 16.6. The van der Waals surface area contributed by atoms with Crippen molar-refractivity contribution in [3.8, 4) is 5.75 Å². The van der Waals surface area contributed by atoms with Crippen molar-refractivity contribution in [2.75, 3.05) is 20.2 Å². The van der Waals surface area contributed by atoms with Gasteiger partial charge in [-0.05, 0) is 55.3 Å². The summed E-state index contributed by atoms with van der Waals surface area (Å²) in [6.07, 6.45) is 4.14. The maximum atomic E-state index is 12.4. The van der Waals surface area contributed by atoms with E-state index >= 15 is 0 Å². The van der Waals surface area contributed by atoms with Gasteiger partial charge in [-0.2, -0.15) is 0 Å². The summed E-state index contributed by atoms with van der Waals surface area (Å²) < 4.78 is 5.32. The van der Waals surface area contributed by atoms with Gasteiger partial charge in [0.1, 0.15) is 5.75 Å². The van der Waals surface area contributed by atoms with Crippen LogP contribution in [0.5, 0.6) is 5.75 Å². The Hall–Kier alpha value is -2.04. The van der Waals surface area contributed by atoms with E-state index < -0.39 is 0 Å². The van der Waals surface area contributed by atoms with Crippen molar-refractivity contribution in [1.82, 2.24) is 10.2 Å². The number of carbonyl (C=O) groups is 1. The van der Waals surface area contributed by atoms with Crippen LogP contribution in [0.1, 0.15) is 36.0 Å². The summed E-state index contributed by atoms with van der Waals surface area (Å²) in [5, 5.41) is 3.64. The second-order valence-electron chi connectivity index (χ2n) is 7.02. The number of methoxy groups -OCH3 is 1. The SMILES string of the molecule is COc1ccc(Cl)cc1CC(=O)NCc1ccccc1CN1CCCCC1. The number of hydrogen-bond acceptors (Lipinski definition) is 3. The van der Waals surface area contributed by atoms with Crippen LogP contribution in [0, 0.1) is 0 Å². The molecule has 1 N–H and O–H groups in total. The molecular formula is C22H27ClN2O2. The Bertz CT molecular complexity index is 773. The lowest BCUT2D eigenvalue weighted by Crippen LogP contribution is -2.30. The lowest BCUT2D eigenvalue weighted by atomic mass is 10.0. The number of nitrogens with one attached hydrogen (secondary N) is 1. The van der Waals surface area contributed by atoms with Crippen LogP contribution < -0.4 is 10.1 Å². The highest BCUT2D eigenvalue weighted by Crippen LogP contribution is 2.23. The van der Waals surface area contributed by atoms with Gasteiger partial charge in [-0.1, -0.05) is 42.3 Å². The van der Waals surface area contributed by atoms with Crippen molar-refractivity contribution < 1.29 is 9.53 Å². The standard InChI is InChI=1S/C22H27ClN2O2/c1-27-21-10-9-20(23)13-19(21)14-22(26)24-15-17-7-3-4-8-18(17)16-25-11-5-2-6-12-25/h3-4,7-10,13H,2,5-6,11-12,14-16H2,1H3,(H,24,26). The first-order valence-electron chi connectivity index (χ1n) is 9.54. The summed E-state index contributed by atoms with van der Waals surface area (Å²) >= 11 is 6.05. The smallest absolute Gasteiger partial charge is 0.224 e. The van der Waals surface area contributed by atoms with Crippen LogP contribution in [0.3, 0.4) is 0 Å². The number of halogens is 1. The highest BCUT2D eigenvalue weighted by Gasteiger charge is 2.14. The van der Waals surface area contributed by atoms with Gasteiger partial charge in [-0.25, -0.2) is 0 Å². The van der Waals surface area contributed by atoms with Gasteiger partial charge in [-0.3, -0.25) is 9.69 Å². The zero-order valence-electron chi connectivity index (χ0n) is 15.8. The third-order valence-electron chi connectivity index (χ3n) is 5.03. The minimum Gasteiger partial charge on any atom is -0.496 e. The van der Waals surface area contributed by atoms with E-state index in [-0.39, 0.29) is 12.3 Å². The molecule has 0 saturated carbocycles. The maximum Gasteiger partial charge on any atom is 0.224 e. The van der Waals surface area contributed by atoms with E-state index in [0.29, 0.717) is 17.3 Å². The molecule has 0 radical (unpaired) electrons. The minimum absolute atomic E-state index is 0.0386. The molecule has 1 heterocycles. The summed E-state index contributed by atoms with van der Waals surface area (Å²) in [6.45, 7) is 3.81. The molecule has 1 amide bonds. The van der Waals surface area contributed by atoms with Gasteiger partial charge in [0.15, 0.2) is 0 Å². The monoisotopic (exact) mass is 386 g/mol. The van der Waals surface area contributed by atoms with Gasteiger partial charge in [0.25, 0.3) is 0 Å². The molecule has 0 bridgehead atoms. The van der Waals surface area contributed by atoms with Crippen LogP contribution in [0.25, 0.3) is 0 Å². The Morgan fingerprint density at radius 1 is 1.07 bits per heavy atom. The summed E-state index contributed by atoms with van der Waals surface area (Å²) in [7, 11) is 1.60. The Morgan fingerprint density at radius 3 is 2.56 bits per heavy atom. The molecule has 1 fully saturated rings. The van der Waals surface area contributed by atoms with Gasteiger partial charge < -0.3 is 10.1 Å². The van der Waals surface area contributed by atoms with Crippen molar-refractivity contribution in [2.24, 2.45) is 0 Å². The van der Waals surface area contributed by atoms with E-state index in [2.05, 4.69) is 28.4 Å². The topological polar surface area (TPSA) is 41.6 Å². The average Bonchev–Trinajstić information content (AvgIpc) is 2.68. The Balaban J connectivity index is 1.60. The Kier molecular flexibility index (Phi) is 7.13. The summed E-state index contributed by atoms with van der Waals surface area (Å²) in [4.78, 5) is 14.9. The second kappa shape index (κ2) is 9.77. The lowest BCUT2D eigenvalue weighted by Gasteiger charge is -2.27. The largest absolute Gasteiger partial charge is 0.496 e. The quantitative estimate of drug-likeness (QED) is 0.775. The summed E-state index contributed by atoms with van der Waals surface area (Å²) in [6, 6.07) is 13.7. The lowest BCUT2D eigenvalue weighted by molar-refractivity contribution is -0.120. The predicted molar refractivity (Wildman–Crippen MR) is 109 cm³/mol. The number of benzene rings is 2. The van der Waals surface area contributed by atoms with Crippen LogP contribution in [-0.2, 0) is 24.3 Å². The first kappa shape index (κ1) is 19.7. The molecule has 1 saturated heterocycles. The summed E-state index contributed by atoms with van der Waals surface area (Å²) in [5.74, 6) is 0.642.